The van der Waals surface area contributed by atoms with Gasteiger partial charge in [0.15, 0.2) is 23.7 Å². The summed E-state index contributed by atoms with van der Waals surface area (Å²) < 4.78 is 22.9. The Bertz CT molecular complexity index is 1180. The predicted octanol–water partition coefficient (Wildman–Crippen LogP) is 1.98. The minimum atomic E-state index is -1.28. The molecular weight excluding hydrogens is 482 g/mol. The number of benzene rings is 1. The highest BCUT2D eigenvalue weighted by atomic mass is 16.6. The molecule has 1 fully saturated rings. The van der Waals surface area contributed by atoms with Crippen LogP contribution in [-0.4, -0.2) is 59.1 Å². The Morgan fingerprint density at radius 1 is 1.27 bits per heavy atom. The number of carbonyl (C=O) groups is 3. The number of carboxylic acid groups (broad SMARTS) is 1. The van der Waals surface area contributed by atoms with E-state index in [0.29, 0.717) is 30.3 Å². The van der Waals surface area contributed by atoms with Crippen molar-refractivity contribution >= 4 is 17.9 Å². The largest absolute Gasteiger partial charge is 0.493 e. The van der Waals surface area contributed by atoms with E-state index in [2.05, 4.69) is 6.92 Å². The van der Waals surface area contributed by atoms with Gasteiger partial charge in [-0.05, 0) is 68.6 Å². The van der Waals surface area contributed by atoms with E-state index in [0.717, 1.165) is 24.0 Å². The monoisotopic (exact) mass is 515 g/mol. The van der Waals surface area contributed by atoms with Gasteiger partial charge in [-0.2, -0.15) is 0 Å². The fourth-order valence-corrected chi connectivity index (χ4v) is 6.87. The second kappa shape index (κ2) is 9.02. The lowest BCUT2D eigenvalue weighted by Gasteiger charge is -2.61. The molecule has 1 spiro atoms. The van der Waals surface area contributed by atoms with Crippen LogP contribution in [0.5, 0.6) is 11.5 Å². The Morgan fingerprint density at radius 2 is 2.03 bits per heavy atom. The molecule has 5 rings (SSSR count). The molecule has 1 aromatic carbocycles. The maximum absolute atomic E-state index is 13.0. The van der Waals surface area contributed by atoms with E-state index >= 15 is 0 Å². The van der Waals surface area contributed by atoms with Crippen LogP contribution in [-0.2, 0) is 35.7 Å². The minimum Gasteiger partial charge on any atom is -0.493 e. The summed E-state index contributed by atoms with van der Waals surface area (Å²) >= 11 is 0. The molecule has 37 heavy (non-hydrogen) atoms. The van der Waals surface area contributed by atoms with Gasteiger partial charge in [-0.1, -0.05) is 13.0 Å². The van der Waals surface area contributed by atoms with Gasteiger partial charge in [-0.3, -0.25) is 9.59 Å². The van der Waals surface area contributed by atoms with Crippen LogP contribution in [0.3, 0.4) is 0 Å². The number of hydrogen-bond donors (Lipinski definition) is 3. The lowest BCUT2D eigenvalue weighted by Crippen LogP contribution is -2.69. The van der Waals surface area contributed by atoms with Gasteiger partial charge in [0.25, 0.3) is 0 Å². The molecule has 2 bridgehead atoms. The molecule has 200 valence electrons. The molecular formula is C27H33NO9. The molecule has 3 aliphatic carbocycles. The first-order valence-corrected chi connectivity index (χ1v) is 12.7. The number of methoxy groups -OCH3 is 1. The molecule has 10 nitrogen and oxygen atoms in total. The van der Waals surface area contributed by atoms with Crippen molar-refractivity contribution in [3.63, 3.8) is 0 Å². The van der Waals surface area contributed by atoms with Crippen molar-refractivity contribution < 1.29 is 43.5 Å². The van der Waals surface area contributed by atoms with Crippen LogP contribution in [0, 0.1) is 11.8 Å². The van der Waals surface area contributed by atoms with Crippen molar-refractivity contribution in [2.24, 2.45) is 17.6 Å². The minimum absolute atomic E-state index is 0.0277. The number of carboxylic acids is 1. The van der Waals surface area contributed by atoms with Crippen LogP contribution in [0.4, 0.5) is 0 Å². The van der Waals surface area contributed by atoms with Crippen LogP contribution in [0.1, 0.15) is 57.1 Å². The Kier molecular flexibility index (Phi) is 6.23. The van der Waals surface area contributed by atoms with Gasteiger partial charge in [-0.15, -0.1) is 0 Å². The van der Waals surface area contributed by atoms with E-state index in [4.69, 9.17) is 29.8 Å². The number of aliphatic hydroxyl groups is 1. The molecule has 1 saturated carbocycles. The zero-order valence-corrected chi connectivity index (χ0v) is 21.2. The summed E-state index contributed by atoms with van der Waals surface area (Å²) in [5.74, 6) is -1.03. The van der Waals surface area contributed by atoms with E-state index in [-0.39, 0.29) is 24.5 Å². The fourth-order valence-electron chi connectivity index (χ4n) is 6.87. The van der Waals surface area contributed by atoms with Crippen molar-refractivity contribution in [1.82, 2.24) is 0 Å². The molecule has 0 saturated heterocycles. The van der Waals surface area contributed by atoms with Crippen molar-refractivity contribution in [3.05, 3.63) is 35.1 Å². The number of esters is 2. The number of aliphatic carboxylic acids is 1. The average Bonchev–Trinajstić information content (AvgIpc) is 3.21. The number of hydrogen-bond acceptors (Lipinski definition) is 9. The summed E-state index contributed by atoms with van der Waals surface area (Å²) in [5, 5.41) is 21.0. The summed E-state index contributed by atoms with van der Waals surface area (Å²) in [4.78, 5) is 35.9. The Morgan fingerprint density at radius 3 is 2.73 bits per heavy atom. The summed E-state index contributed by atoms with van der Waals surface area (Å²) in [6, 6.07) is 2.74. The van der Waals surface area contributed by atoms with Crippen LogP contribution >= 0.6 is 0 Å². The first-order valence-electron chi connectivity index (χ1n) is 12.7. The first-order chi connectivity index (χ1) is 17.5. The molecule has 7 atom stereocenters. The summed E-state index contributed by atoms with van der Waals surface area (Å²) in [7, 11) is 1.57. The van der Waals surface area contributed by atoms with Gasteiger partial charge in [0.1, 0.15) is 11.8 Å². The van der Waals surface area contributed by atoms with Crippen molar-refractivity contribution in [2.75, 3.05) is 7.11 Å². The van der Waals surface area contributed by atoms with Gasteiger partial charge in [-0.25, -0.2) is 4.79 Å². The lowest BCUT2D eigenvalue weighted by atomic mass is 9.45. The maximum atomic E-state index is 13.0. The van der Waals surface area contributed by atoms with Crippen molar-refractivity contribution in [2.45, 2.75) is 81.6 Å². The molecule has 0 amide bonds. The molecule has 1 heterocycles. The third-order valence-electron chi connectivity index (χ3n) is 8.75. The van der Waals surface area contributed by atoms with Crippen LogP contribution in [0.15, 0.2) is 24.0 Å². The van der Waals surface area contributed by atoms with Gasteiger partial charge in [0, 0.05) is 12.0 Å². The predicted molar refractivity (Wildman–Crippen MR) is 129 cm³/mol. The lowest BCUT2D eigenvalue weighted by molar-refractivity contribution is -0.176. The molecule has 1 aromatic rings. The van der Waals surface area contributed by atoms with E-state index < -0.39 is 47.2 Å². The molecule has 0 aromatic heterocycles. The first kappa shape index (κ1) is 25.5. The van der Waals surface area contributed by atoms with Crippen molar-refractivity contribution in [1.29, 1.82) is 0 Å². The van der Waals surface area contributed by atoms with Crippen molar-refractivity contribution in [3.8, 4) is 11.5 Å². The Labute approximate surface area is 214 Å². The highest BCUT2D eigenvalue weighted by molar-refractivity contribution is 5.82. The number of nitrogens with two attached hydrogens (primary N) is 1. The molecule has 0 radical (unpaired) electrons. The summed E-state index contributed by atoms with van der Waals surface area (Å²) in [5.41, 5.74) is 5.90. The number of carbonyl (C=O) groups excluding carboxylic acids is 2. The summed E-state index contributed by atoms with van der Waals surface area (Å²) in [6.07, 6.45) is 1.89. The van der Waals surface area contributed by atoms with Crippen LogP contribution < -0.4 is 15.2 Å². The normalized spacial score (nSPS) is 32.2. The maximum Gasteiger partial charge on any atom is 0.352 e. The standard InChI is InChI=1S/C27H33NO9/c1-13-8-10-26-21-15-4-6-18(34-3)22(21)37-23(26)19(9-11-27(26,33)16(13)12-15)36-24(31)14(2)35-25(32)17(28)5-7-20(29)30/h4,6,9,13-14,16-17,23,33H,5,7-8,10-12,28H2,1-3H3,(H,29,30)/t13?,14-,16-,17-,23?,26?,27+/m0/s1. The molecule has 3 unspecified atom stereocenters. The highest BCUT2D eigenvalue weighted by Gasteiger charge is 2.72. The number of ether oxygens (including phenoxy) is 4. The topological polar surface area (TPSA) is 155 Å². The highest BCUT2D eigenvalue weighted by Crippen LogP contribution is 2.68. The Hall–Kier alpha value is -3.11. The van der Waals surface area contributed by atoms with Gasteiger partial charge in [0.05, 0.1) is 18.1 Å². The zero-order valence-electron chi connectivity index (χ0n) is 21.2. The van der Waals surface area contributed by atoms with Gasteiger partial charge < -0.3 is 34.9 Å². The van der Waals surface area contributed by atoms with Gasteiger partial charge in [0.2, 0.25) is 0 Å². The number of rotatable bonds is 8. The van der Waals surface area contributed by atoms with E-state index in [1.165, 1.54) is 6.92 Å². The molecule has 4 aliphatic rings. The van der Waals surface area contributed by atoms with E-state index in [9.17, 15) is 19.5 Å². The van der Waals surface area contributed by atoms with Crippen LogP contribution in [0.25, 0.3) is 0 Å². The molecule has 1 aliphatic heterocycles. The SMILES string of the molecule is COc1ccc2c3c1OC1C(OC(=O)[C@H](C)OC(=O)[C@@H](N)CCC(=O)O)=CC[C@@]4(O)[C@@H](C2)C(C)CCC314. The van der Waals surface area contributed by atoms with E-state index in [1.807, 2.05) is 12.1 Å². The summed E-state index contributed by atoms with van der Waals surface area (Å²) in [6.45, 7) is 3.54. The second-order valence-electron chi connectivity index (χ2n) is 10.7. The van der Waals surface area contributed by atoms with Gasteiger partial charge >= 0.3 is 17.9 Å². The van der Waals surface area contributed by atoms with E-state index in [1.54, 1.807) is 13.2 Å². The second-order valence-corrected chi connectivity index (χ2v) is 10.7. The quantitative estimate of drug-likeness (QED) is 0.438. The molecule has 4 N–H and O–H groups in total. The zero-order chi connectivity index (χ0) is 26.7. The third kappa shape index (κ3) is 3.72. The fraction of sp³-hybridized carbons (Fsp3) is 0.593. The van der Waals surface area contributed by atoms with Crippen LogP contribution in [0.2, 0.25) is 0 Å². The molecule has 10 heteroatoms. The third-order valence-corrected chi connectivity index (χ3v) is 8.75. The smallest absolute Gasteiger partial charge is 0.352 e. The Balaban J connectivity index is 1.41. The average molecular weight is 516 g/mol.